The Hall–Kier alpha value is -3.06. The van der Waals surface area contributed by atoms with Crippen LogP contribution in [-0.2, 0) is 11.2 Å². The van der Waals surface area contributed by atoms with Crippen LogP contribution in [-0.4, -0.2) is 55.0 Å². The van der Waals surface area contributed by atoms with E-state index in [1.807, 2.05) is 47.4 Å². The highest BCUT2D eigenvalue weighted by Gasteiger charge is 2.23. The van der Waals surface area contributed by atoms with Gasteiger partial charge in [0, 0.05) is 43.8 Å². The number of nitrogens with two attached hydrogens (primary N) is 2. The van der Waals surface area contributed by atoms with E-state index < -0.39 is 0 Å². The van der Waals surface area contributed by atoms with Gasteiger partial charge in [0.2, 0.25) is 5.91 Å². The quantitative estimate of drug-likeness (QED) is 0.609. The maximum atomic E-state index is 12.8. The smallest absolute Gasteiger partial charge is 0.251 e. The van der Waals surface area contributed by atoms with E-state index in [0.717, 1.165) is 63.0 Å². The lowest BCUT2D eigenvalue weighted by atomic mass is 9.91. The Labute approximate surface area is 196 Å². The molecule has 7 heteroatoms. The summed E-state index contributed by atoms with van der Waals surface area (Å²) in [4.78, 5) is 29.6. The van der Waals surface area contributed by atoms with E-state index in [9.17, 15) is 9.59 Å². The fraction of sp³-hybridized carbons (Fsp3) is 0.462. The van der Waals surface area contributed by atoms with Crippen LogP contribution in [0.5, 0.6) is 0 Å². The molecule has 5 N–H and O–H groups in total. The molecule has 1 saturated heterocycles. The van der Waals surface area contributed by atoms with Crippen LogP contribution in [0.2, 0.25) is 0 Å². The number of nitrogens with zero attached hydrogens (tertiary/aromatic N) is 2. The van der Waals surface area contributed by atoms with Crippen molar-refractivity contribution >= 4 is 23.2 Å². The van der Waals surface area contributed by atoms with Gasteiger partial charge in [-0.05, 0) is 55.9 Å². The summed E-state index contributed by atoms with van der Waals surface area (Å²) in [5.74, 6) is 0.0778. The Kier molecular flexibility index (Phi) is 7.50. The molecule has 176 valence electrons. The van der Waals surface area contributed by atoms with Crippen LogP contribution in [0.1, 0.15) is 48.0 Å². The van der Waals surface area contributed by atoms with Gasteiger partial charge < -0.3 is 26.6 Å². The maximum Gasteiger partial charge on any atom is 0.251 e. The molecular weight excluding hydrogens is 414 g/mol. The van der Waals surface area contributed by atoms with Gasteiger partial charge in [-0.2, -0.15) is 0 Å². The fourth-order valence-corrected chi connectivity index (χ4v) is 4.81. The number of carbonyl (C=O) groups excluding carboxylic acids is 2. The van der Waals surface area contributed by atoms with E-state index in [4.69, 9.17) is 11.5 Å². The number of carbonyl (C=O) groups is 2. The first-order valence-electron chi connectivity index (χ1n) is 12.0. The number of rotatable bonds is 5. The summed E-state index contributed by atoms with van der Waals surface area (Å²) in [6.45, 7) is 2.95. The van der Waals surface area contributed by atoms with Gasteiger partial charge in [0.05, 0.1) is 17.8 Å². The second kappa shape index (κ2) is 10.7. The molecule has 1 aliphatic carbocycles. The number of anilines is 2. The average Bonchev–Trinajstić information content (AvgIpc) is 3.07. The van der Waals surface area contributed by atoms with Gasteiger partial charge in [-0.15, -0.1) is 0 Å². The van der Waals surface area contributed by atoms with E-state index in [1.54, 1.807) is 6.07 Å². The Bertz CT molecular complexity index is 956. The van der Waals surface area contributed by atoms with Crippen molar-refractivity contribution in [1.29, 1.82) is 0 Å². The molecule has 0 bridgehead atoms. The number of nitrogens with one attached hydrogen (secondary N) is 1. The molecule has 1 heterocycles. The standard InChI is InChI=1S/C26H35N5O2/c27-21-8-10-22(11-9-21)29-26(33)20-7-12-24(23(28)18-20)30-13-4-14-31(16-15-30)25(32)17-19-5-2-1-3-6-19/h1-3,5-7,12,18,21-22H,4,8-11,13-17,27-28H2,(H,29,33). The summed E-state index contributed by atoms with van der Waals surface area (Å²) < 4.78 is 0. The minimum atomic E-state index is -0.0812. The van der Waals surface area contributed by atoms with Gasteiger partial charge in [0.1, 0.15) is 0 Å². The first kappa shape index (κ1) is 23.1. The number of hydrogen-bond acceptors (Lipinski definition) is 5. The van der Waals surface area contributed by atoms with Crippen molar-refractivity contribution < 1.29 is 9.59 Å². The second-order valence-corrected chi connectivity index (χ2v) is 9.24. The molecular formula is C26H35N5O2. The summed E-state index contributed by atoms with van der Waals surface area (Å²) in [5, 5.41) is 3.12. The molecule has 0 spiro atoms. The van der Waals surface area contributed by atoms with Crippen molar-refractivity contribution in [2.24, 2.45) is 5.73 Å². The molecule has 2 aliphatic rings. The van der Waals surface area contributed by atoms with Crippen LogP contribution < -0.4 is 21.7 Å². The molecule has 1 saturated carbocycles. The fourth-order valence-electron chi connectivity index (χ4n) is 4.81. The topological polar surface area (TPSA) is 105 Å². The lowest BCUT2D eigenvalue weighted by molar-refractivity contribution is -0.130. The molecule has 2 fully saturated rings. The Morgan fingerprint density at radius 2 is 1.70 bits per heavy atom. The van der Waals surface area contributed by atoms with Crippen molar-refractivity contribution in [2.75, 3.05) is 36.8 Å². The van der Waals surface area contributed by atoms with Crippen LogP contribution in [0.25, 0.3) is 0 Å². The van der Waals surface area contributed by atoms with Gasteiger partial charge in [-0.25, -0.2) is 0 Å². The van der Waals surface area contributed by atoms with Gasteiger partial charge >= 0.3 is 0 Å². The molecule has 0 unspecified atom stereocenters. The molecule has 0 radical (unpaired) electrons. The van der Waals surface area contributed by atoms with E-state index >= 15 is 0 Å². The number of benzene rings is 2. The van der Waals surface area contributed by atoms with Crippen LogP contribution in [0, 0.1) is 0 Å². The van der Waals surface area contributed by atoms with Crippen LogP contribution in [0.4, 0.5) is 11.4 Å². The first-order valence-corrected chi connectivity index (χ1v) is 12.0. The van der Waals surface area contributed by atoms with E-state index in [2.05, 4.69) is 10.2 Å². The van der Waals surface area contributed by atoms with Crippen molar-refractivity contribution in [3.8, 4) is 0 Å². The van der Waals surface area contributed by atoms with Crippen molar-refractivity contribution in [2.45, 2.75) is 50.6 Å². The molecule has 0 aromatic heterocycles. The normalized spacial score (nSPS) is 21.4. The Morgan fingerprint density at radius 1 is 0.939 bits per heavy atom. The zero-order valence-corrected chi connectivity index (χ0v) is 19.2. The third-order valence-corrected chi connectivity index (χ3v) is 6.78. The number of hydrogen-bond donors (Lipinski definition) is 3. The zero-order chi connectivity index (χ0) is 23.2. The molecule has 7 nitrogen and oxygen atoms in total. The predicted molar refractivity (Wildman–Crippen MR) is 132 cm³/mol. The molecule has 33 heavy (non-hydrogen) atoms. The highest BCUT2D eigenvalue weighted by Crippen LogP contribution is 2.26. The lowest BCUT2D eigenvalue weighted by Gasteiger charge is -2.27. The second-order valence-electron chi connectivity index (χ2n) is 9.24. The Morgan fingerprint density at radius 3 is 2.42 bits per heavy atom. The first-order chi connectivity index (χ1) is 16.0. The van der Waals surface area contributed by atoms with Crippen LogP contribution in [0.3, 0.4) is 0 Å². The molecule has 2 amide bonds. The minimum Gasteiger partial charge on any atom is -0.397 e. The summed E-state index contributed by atoms with van der Waals surface area (Å²) in [5.41, 5.74) is 15.5. The SMILES string of the molecule is Nc1cc(C(=O)NC2CCC(N)CC2)ccc1N1CCCN(C(=O)Cc2ccccc2)CC1. The van der Waals surface area contributed by atoms with Gasteiger partial charge in [-0.3, -0.25) is 9.59 Å². The minimum absolute atomic E-state index is 0.0812. The van der Waals surface area contributed by atoms with Gasteiger partial charge in [0.25, 0.3) is 5.91 Å². The monoisotopic (exact) mass is 449 g/mol. The highest BCUT2D eigenvalue weighted by molar-refractivity contribution is 5.96. The molecule has 2 aromatic rings. The van der Waals surface area contributed by atoms with Crippen molar-refractivity contribution in [3.63, 3.8) is 0 Å². The van der Waals surface area contributed by atoms with Gasteiger partial charge in [-0.1, -0.05) is 30.3 Å². The third kappa shape index (κ3) is 6.05. The zero-order valence-electron chi connectivity index (χ0n) is 19.2. The molecule has 1 aliphatic heterocycles. The molecule has 2 aromatic carbocycles. The lowest BCUT2D eigenvalue weighted by Crippen LogP contribution is -2.40. The summed E-state index contributed by atoms with van der Waals surface area (Å²) >= 11 is 0. The summed E-state index contributed by atoms with van der Waals surface area (Å²) in [6.07, 6.45) is 5.06. The largest absolute Gasteiger partial charge is 0.397 e. The third-order valence-electron chi connectivity index (χ3n) is 6.78. The molecule has 0 atom stereocenters. The average molecular weight is 450 g/mol. The van der Waals surface area contributed by atoms with Crippen molar-refractivity contribution in [1.82, 2.24) is 10.2 Å². The van der Waals surface area contributed by atoms with E-state index in [-0.39, 0.29) is 23.9 Å². The van der Waals surface area contributed by atoms with E-state index in [1.165, 1.54) is 0 Å². The predicted octanol–water partition coefficient (Wildman–Crippen LogP) is 2.55. The highest BCUT2D eigenvalue weighted by atomic mass is 16.2. The van der Waals surface area contributed by atoms with Crippen molar-refractivity contribution in [3.05, 3.63) is 59.7 Å². The van der Waals surface area contributed by atoms with Crippen LogP contribution in [0.15, 0.2) is 48.5 Å². The maximum absolute atomic E-state index is 12.8. The summed E-state index contributed by atoms with van der Waals surface area (Å²) in [6, 6.07) is 15.9. The van der Waals surface area contributed by atoms with Crippen LogP contribution >= 0.6 is 0 Å². The van der Waals surface area contributed by atoms with E-state index in [0.29, 0.717) is 24.2 Å². The Balaban J connectivity index is 1.34. The number of amides is 2. The summed E-state index contributed by atoms with van der Waals surface area (Å²) in [7, 11) is 0. The van der Waals surface area contributed by atoms with Gasteiger partial charge in [0.15, 0.2) is 0 Å². The number of nitrogen functional groups attached to an aromatic ring is 1. The molecule has 4 rings (SSSR count).